The standard InChI is InChI=1S/C18H20FN3O2S/c1-3-22(18(25)21-16-7-5-4-6-15(16)19)12-17(23)20-13-8-10-14(24-2)11-9-13/h4-11H,3,12H2,1-2H3,(H,20,23)(H,21,25). The molecular weight excluding hydrogens is 341 g/mol. The van der Waals surface area contributed by atoms with Gasteiger partial charge < -0.3 is 20.3 Å². The number of likely N-dealkylation sites (N-methyl/N-ethyl adjacent to an activating group) is 1. The van der Waals surface area contributed by atoms with Crippen molar-refractivity contribution < 1.29 is 13.9 Å². The molecule has 5 nitrogen and oxygen atoms in total. The Hall–Kier alpha value is -2.67. The normalized spacial score (nSPS) is 10.0. The number of hydrogen-bond donors (Lipinski definition) is 2. The highest BCUT2D eigenvalue weighted by Gasteiger charge is 2.14. The zero-order valence-corrected chi connectivity index (χ0v) is 14.9. The van der Waals surface area contributed by atoms with Crippen LogP contribution in [0.3, 0.4) is 0 Å². The highest BCUT2D eigenvalue weighted by molar-refractivity contribution is 7.80. The van der Waals surface area contributed by atoms with E-state index in [1.54, 1.807) is 54.5 Å². The molecule has 2 aromatic carbocycles. The maximum atomic E-state index is 13.7. The number of halogens is 1. The molecule has 0 aliphatic carbocycles. The minimum atomic E-state index is -0.399. The second kappa shape index (κ2) is 8.98. The lowest BCUT2D eigenvalue weighted by molar-refractivity contribution is -0.116. The molecule has 7 heteroatoms. The molecule has 0 heterocycles. The fourth-order valence-electron chi connectivity index (χ4n) is 2.13. The molecule has 0 fully saturated rings. The maximum absolute atomic E-state index is 13.7. The van der Waals surface area contributed by atoms with Crippen molar-refractivity contribution in [3.63, 3.8) is 0 Å². The number of rotatable bonds is 6. The first kappa shape index (κ1) is 18.7. The fourth-order valence-corrected chi connectivity index (χ4v) is 2.44. The van der Waals surface area contributed by atoms with Crippen molar-refractivity contribution in [2.45, 2.75) is 6.92 Å². The average molecular weight is 361 g/mol. The van der Waals surface area contributed by atoms with E-state index in [9.17, 15) is 9.18 Å². The quantitative estimate of drug-likeness (QED) is 0.772. The number of para-hydroxylation sites is 1. The van der Waals surface area contributed by atoms with Gasteiger partial charge in [-0.2, -0.15) is 0 Å². The Morgan fingerprint density at radius 1 is 1.16 bits per heavy atom. The van der Waals surface area contributed by atoms with Gasteiger partial charge in [-0.25, -0.2) is 4.39 Å². The number of nitrogens with zero attached hydrogens (tertiary/aromatic N) is 1. The third kappa shape index (κ3) is 5.42. The highest BCUT2D eigenvalue weighted by atomic mass is 32.1. The Bertz CT molecular complexity index is 737. The van der Waals surface area contributed by atoms with Gasteiger partial charge >= 0.3 is 0 Å². The minimum Gasteiger partial charge on any atom is -0.497 e. The number of hydrogen-bond acceptors (Lipinski definition) is 3. The third-order valence-electron chi connectivity index (χ3n) is 3.49. The predicted octanol–water partition coefficient (Wildman–Crippen LogP) is 3.49. The van der Waals surface area contributed by atoms with E-state index in [0.29, 0.717) is 18.0 Å². The van der Waals surface area contributed by atoms with Crippen LogP contribution in [0.5, 0.6) is 5.75 Å². The van der Waals surface area contributed by atoms with Gasteiger partial charge in [-0.05, 0) is 55.5 Å². The Labute approximate surface area is 151 Å². The SMILES string of the molecule is CCN(CC(=O)Nc1ccc(OC)cc1)C(=S)Nc1ccccc1F. The van der Waals surface area contributed by atoms with E-state index in [1.807, 2.05) is 6.92 Å². The van der Waals surface area contributed by atoms with Crippen molar-refractivity contribution >= 4 is 34.6 Å². The van der Waals surface area contributed by atoms with E-state index in [-0.39, 0.29) is 23.3 Å². The number of nitrogens with one attached hydrogen (secondary N) is 2. The van der Waals surface area contributed by atoms with Crippen LogP contribution in [0.4, 0.5) is 15.8 Å². The molecule has 2 aromatic rings. The predicted molar refractivity (Wildman–Crippen MR) is 101 cm³/mol. The Morgan fingerprint density at radius 3 is 2.44 bits per heavy atom. The van der Waals surface area contributed by atoms with Gasteiger partial charge in [0.05, 0.1) is 19.3 Å². The van der Waals surface area contributed by atoms with Crippen LogP contribution in [0.15, 0.2) is 48.5 Å². The van der Waals surface area contributed by atoms with E-state index in [4.69, 9.17) is 17.0 Å². The summed E-state index contributed by atoms with van der Waals surface area (Å²) in [6, 6.07) is 13.3. The van der Waals surface area contributed by atoms with Crippen molar-refractivity contribution in [3.8, 4) is 5.75 Å². The number of carbonyl (C=O) groups excluding carboxylic acids is 1. The van der Waals surface area contributed by atoms with Gasteiger partial charge in [-0.3, -0.25) is 4.79 Å². The molecule has 0 aromatic heterocycles. The van der Waals surface area contributed by atoms with Crippen LogP contribution in [0.1, 0.15) is 6.92 Å². The summed E-state index contributed by atoms with van der Waals surface area (Å²) < 4.78 is 18.8. The van der Waals surface area contributed by atoms with E-state index in [2.05, 4.69) is 10.6 Å². The molecule has 1 amide bonds. The van der Waals surface area contributed by atoms with Crippen molar-refractivity contribution in [3.05, 3.63) is 54.3 Å². The molecule has 2 rings (SSSR count). The lowest BCUT2D eigenvalue weighted by Gasteiger charge is -2.24. The number of amides is 1. The summed E-state index contributed by atoms with van der Waals surface area (Å²) >= 11 is 5.28. The van der Waals surface area contributed by atoms with Crippen molar-refractivity contribution in [2.75, 3.05) is 30.8 Å². The van der Waals surface area contributed by atoms with Gasteiger partial charge in [0.25, 0.3) is 0 Å². The van der Waals surface area contributed by atoms with Crippen LogP contribution >= 0.6 is 12.2 Å². The molecule has 0 saturated carbocycles. The summed E-state index contributed by atoms with van der Waals surface area (Å²) in [5, 5.41) is 5.91. The summed E-state index contributed by atoms with van der Waals surface area (Å²) in [5.41, 5.74) is 0.941. The van der Waals surface area contributed by atoms with Gasteiger partial charge in [0.2, 0.25) is 5.91 Å². The molecule has 0 unspecified atom stereocenters. The Balaban J connectivity index is 1.94. The molecule has 0 radical (unpaired) electrons. The molecule has 0 spiro atoms. The van der Waals surface area contributed by atoms with Gasteiger partial charge in [0.15, 0.2) is 5.11 Å². The Morgan fingerprint density at radius 2 is 1.84 bits per heavy atom. The minimum absolute atomic E-state index is 0.0583. The van der Waals surface area contributed by atoms with Gasteiger partial charge in [0, 0.05) is 12.2 Å². The number of methoxy groups -OCH3 is 1. The van der Waals surface area contributed by atoms with E-state index >= 15 is 0 Å². The maximum Gasteiger partial charge on any atom is 0.243 e. The second-order valence-electron chi connectivity index (χ2n) is 5.20. The monoisotopic (exact) mass is 361 g/mol. The lowest BCUT2D eigenvalue weighted by Crippen LogP contribution is -2.40. The number of benzene rings is 2. The van der Waals surface area contributed by atoms with Gasteiger partial charge in [0.1, 0.15) is 11.6 Å². The first-order valence-electron chi connectivity index (χ1n) is 7.78. The van der Waals surface area contributed by atoms with Crippen molar-refractivity contribution in [1.29, 1.82) is 0 Å². The summed E-state index contributed by atoms with van der Waals surface area (Å²) in [7, 11) is 1.58. The number of carbonyl (C=O) groups is 1. The van der Waals surface area contributed by atoms with Crippen LogP contribution in [-0.4, -0.2) is 36.1 Å². The fraction of sp³-hybridized carbons (Fsp3) is 0.222. The molecule has 0 atom stereocenters. The summed E-state index contributed by atoms with van der Waals surface area (Å²) in [4.78, 5) is 13.9. The van der Waals surface area contributed by atoms with Gasteiger partial charge in [-0.15, -0.1) is 0 Å². The van der Waals surface area contributed by atoms with Gasteiger partial charge in [-0.1, -0.05) is 12.1 Å². The zero-order chi connectivity index (χ0) is 18.2. The number of anilines is 2. The largest absolute Gasteiger partial charge is 0.497 e. The first-order chi connectivity index (χ1) is 12.0. The summed E-state index contributed by atoms with van der Waals surface area (Å²) in [6.07, 6.45) is 0. The molecule has 0 bridgehead atoms. The first-order valence-corrected chi connectivity index (χ1v) is 8.18. The molecule has 0 aliphatic heterocycles. The second-order valence-corrected chi connectivity index (χ2v) is 5.59. The van der Waals surface area contributed by atoms with Crippen LogP contribution < -0.4 is 15.4 Å². The van der Waals surface area contributed by atoms with E-state index < -0.39 is 5.82 Å². The third-order valence-corrected chi connectivity index (χ3v) is 3.85. The van der Waals surface area contributed by atoms with Crippen LogP contribution in [-0.2, 0) is 4.79 Å². The zero-order valence-electron chi connectivity index (χ0n) is 14.1. The smallest absolute Gasteiger partial charge is 0.243 e. The Kier molecular flexibility index (Phi) is 6.71. The summed E-state index contributed by atoms with van der Waals surface area (Å²) in [5.74, 6) is 0.0942. The molecule has 2 N–H and O–H groups in total. The molecule has 0 aliphatic rings. The summed E-state index contributed by atoms with van der Waals surface area (Å²) in [6.45, 7) is 2.44. The van der Waals surface area contributed by atoms with E-state index in [0.717, 1.165) is 0 Å². The topological polar surface area (TPSA) is 53.6 Å². The average Bonchev–Trinajstić information content (AvgIpc) is 2.62. The van der Waals surface area contributed by atoms with Crippen molar-refractivity contribution in [2.24, 2.45) is 0 Å². The van der Waals surface area contributed by atoms with Crippen LogP contribution in [0.2, 0.25) is 0 Å². The van der Waals surface area contributed by atoms with Crippen LogP contribution in [0.25, 0.3) is 0 Å². The number of ether oxygens (including phenoxy) is 1. The molecule has 0 saturated heterocycles. The molecular formula is C18H20FN3O2S. The van der Waals surface area contributed by atoms with Crippen LogP contribution in [0, 0.1) is 5.82 Å². The highest BCUT2D eigenvalue weighted by Crippen LogP contribution is 2.15. The van der Waals surface area contributed by atoms with E-state index in [1.165, 1.54) is 6.07 Å². The molecule has 25 heavy (non-hydrogen) atoms. The lowest BCUT2D eigenvalue weighted by atomic mass is 10.3. The number of thiocarbonyl (C=S) groups is 1. The molecule has 132 valence electrons. The van der Waals surface area contributed by atoms with Crippen molar-refractivity contribution in [1.82, 2.24) is 4.90 Å².